The molecule has 2 heterocycles. The number of carbonyl (C=O) groups excluding carboxylic acids is 2. The summed E-state index contributed by atoms with van der Waals surface area (Å²) >= 11 is 0. The second-order valence-corrected chi connectivity index (χ2v) is 9.09. The van der Waals surface area contributed by atoms with Crippen molar-refractivity contribution in [3.63, 3.8) is 0 Å². The second-order valence-electron chi connectivity index (χ2n) is 9.09. The number of carboxylic acid groups (broad SMARTS) is 2. The average Bonchev–Trinajstić information content (AvgIpc) is 3.45. The summed E-state index contributed by atoms with van der Waals surface area (Å²) < 4.78 is 11.4. The minimum absolute atomic E-state index is 0.0410. The van der Waals surface area contributed by atoms with Gasteiger partial charge >= 0.3 is 0 Å². The number of aliphatic carboxylic acids is 2. The zero-order chi connectivity index (χ0) is 18.6. The Kier molecular flexibility index (Phi) is 4.55. The highest BCUT2D eigenvalue weighted by Gasteiger charge is 2.60. The zero-order valence-corrected chi connectivity index (χ0v) is 15.5. The van der Waals surface area contributed by atoms with Gasteiger partial charge in [0.05, 0.1) is 24.4 Å². The Morgan fingerprint density at radius 2 is 1.35 bits per heavy atom. The highest BCUT2D eigenvalue weighted by atomic mass is 16.6. The van der Waals surface area contributed by atoms with E-state index in [0.717, 1.165) is 25.7 Å². The van der Waals surface area contributed by atoms with Crippen molar-refractivity contribution in [2.45, 2.75) is 83.2 Å². The van der Waals surface area contributed by atoms with Crippen molar-refractivity contribution < 1.29 is 29.3 Å². The maximum Gasteiger partial charge on any atom is 0.0845 e. The predicted molar refractivity (Wildman–Crippen MR) is 87.4 cm³/mol. The van der Waals surface area contributed by atoms with Gasteiger partial charge in [0.2, 0.25) is 0 Å². The Morgan fingerprint density at radius 1 is 0.885 bits per heavy atom. The van der Waals surface area contributed by atoms with E-state index in [1.54, 1.807) is 0 Å². The number of carbonyl (C=O) groups is 2. The van der Waals surface area contributed by atoms with Gasteiger partial charge in [-0.3, -0.25) is 0 Å². The molecule has 4 rings (SSSR count). The monoisotopic (exact) mass is 364 g/mol. The van der Waals surface area contributed by atoms with E-state index in [0.29, 0.717) is 12.8 Å². The van der Waals surface area contributed by atoms with Crippen LogP contribution in [0.2, 0.25) is 0 Å². The van der Waals surface area contributed by atoms with Gasteiger partial charge < -0.3 is 29.3 Å². The number of ether oxygens (including phenoxy) is 2. The Bertz CT molecular complexity index is 557. The number of hydrogen-bond acceptors (Lipinski definition) is 6. The molecule has 0 aromatic carbocycles. The largest absolute Gasteiger partial charge is 0.550 e. The van der Waals surface area contributed by atoms with Gasteiger partial charge in [0, 0.05) is 17.4 Å². The molecule has 2 aliphatic carbocycles. The first-order chi connectivity index (χ1) is 12.3. The van der Waals surface area contributed by atoms with Gasteiger partial charge in [-0.2, -0.15) is 0 Å². The second kappa shape index (κ2) is 6.48. The van der Waals surface area contributed by atoms with Crippen LogP contribution >= 0.6 is 0 Å². The van der Waals surface area contributed by atoms with Gasteiger partial charge in [-0.1, -0.05) is 13.8 Å². The van der Waals surface area contributed by atoms with E-state index in [9.17, 15) is 19.8 Å². The molecule has 26 heavy (non-hydrogen) atoms. The van der Waals surface area contributed by atoms with E-state index in [-0.39, 0.29) is 54.5 Å². The van der Waals surface area contributed by atoms with Crippen molar-refractivity contribution in [2.24, 2.45) is 29.1 Å². The van der Waals surface area contributed by atoms with Gasteiger partial charge in [-0.05, 0) is 68.6 Å². The van der Waals surface area contributed by atoms with Crippen LogP contribution in [-0.2, 0) is 19.1 Å². The van der Waals surface area contributed by atoms with Gasteiger partial charge in [-0.15, -0.1) is 0 Å². The van der Waals surface area contributed by atoms with Crippen LogP contribution in [0.5, 0.6) is 0 Å². The topological polar surface area (TPSA) is 105 Å². The van der Waals surface area contributed by atoms with Gasteiger partial charge in [0.1, 0.15) is 0 Å². The SMILES string of the molecule is CC1CC2OC2CC1C(CCCC(=O)[O-])(C(=O)[O-])C1CC2OC2CC1C. The summed E-state index contributed by atoms with van der Waals surface area (Å²) in [6.45, 7) is 4.23. The molecule has 6 heteroatoms. The van der Waals surface area contributed by atoms with Gasteiger partial charge in [-0.25, -0.2) is 0 Å². The molecule has 0 N–H and O–H groups in total. The summed E-state index contributed by atoms with van der Waals surface area (Å²) in [6, 6.07) is 0. The fraction of sp³-hybridized carbons (Fsp3) is 0.900. The number of rotatable bonds is 7. The highest BCUT2D eigenvalue weighted by molar-refractivity contribution is 5.74. The van der Waals surface area contributed by atoms with Crippen LogP contribution in [0, 0.1) is 29.1 Å². The number of carboxylic acids is 2. The predicted octanol–water partition coefficient (Wildman–Crippen LogP) is 0.270. The third-order valence-electron chi connectivity index (χ3n) is 7.60. The van der Waals surface area contributed by atoms with Crippen LogP contribution in [0.3, 0.4) is 0 Å². The summed E-state index contributed by atoms with van der Waals surface area (Å²) in [5, 5.41) is 23.6. The molecule has 4 aliphatic rings. The average molecular weight is 364 g/mol. The molecule has 0 aromatic rings. The first-order valence-electron chi connectivity index (χ1n) is 10.0. The lowest BCUT2D eigenvalue weighted by Crippen LogP contribution is -2.57. The van der Waals surface area contributed by atoms with E-state index in [2.05, 4.69) is 13.8 Å². The molecule has 146 valence electrons. The first-order valence-corrected chi connectivity index (χ1v) is 10.0. The molecule has 0 bridgehead atoms. The number of epoxide rings is 2. The number of hydrogen-bond donors (Lipinski definition) is 0. The third-order valence-corrected chi connectivity index (χ3v) is 7.60. The van der Waals surface area contributed by atoms with Crippen molar-refractivity contribution in [1.29, 1.82) is 0 Å². The molecular weight excluding hydrogens is 336 g/mol. The summed E-state index contributed by atoms with van der Waals surface area (Å²) in [5.41, 5.74) is -1.01. The normalized spacial score (nSPS) is 45.8. The van der Waals surface area contributed by atoms with Crippen LogP contribution in [0.25, 0.3) is 0 Å². The molecule has 8 unspecified atom stereocenters. The van der Waals surface area contributed by atoms with Crippen LogP contribution in [-0.4, -0.2) is 36.4 Å². The fourth-order valence-corrected chi connectivity index (χ4v) is 6.23. The Labute approximate surface area is 154 Å². The van der Waals surface area contributed by atoms with Crippen molar-refractivity contribution in [3.8, 4) is 0 Å². The minimum Gasteiger partial charge on any atom is -0.550 e. The highest BCUT2D eigenvalue weighted by Crippen LogP contribution is 2.59. The molecule has 0 aromatic heterocycles. The van der Waals surface area contributed by atoms with E-state index < -0.39 is 17.4 Å². The lowest BCUT2D eigenvalue weighted by Gasteiger charge is -2.53. The first kappa shape index (κ1) is 18.2. The quantitative estimate of drug-likeness (QED) is 0.601. The number of fused-ring (bicyclic) bond motifs is 2. The molecule has 2 aliphatic heterocycles. The lowest BCUT2D eigenvalue weighted by molar-refractivity contribution is -0.330. The Morgan fingerprint density at radius 3 is 1.77 bits per heavy atom. The van der Waals surface area contributed by atoms with Crippen LogP contribution in [0.15, 0.2) is 0 Å². The van der Waals surface area contributed by atoms with E-state index in [1.807, 2.05) is 0 Å². The van der Waals surface area contributed by atoms with Crippen molar-refractivity contribution in [3.05, 3.63) is 0 Å². The van der Waals surface area contributed by atoms with Gasteiger partial charge in [0.25, 0.3) is 0 Å². The molecule has 8 atom stereocenters. The minimum atomic E-state index is -1.12. The maximum atomic E-state index is 12.7. The van der Waals surface area contributed by atoms with Crippen molar-refractivity contribution >= 4 is 11.9 Å². The summed E-state index contributed by atoms with van der Waals surface area (Å²) in [7, 11) is 0. The van der Waals surface area contributed by atoms with Crippen molar-refractivity contribution in [2.75, 3.05) is 0 Å². The molecule has 2 saturated carbocycles. The molecule has 0 amide bonds. The van der Waals surface area contributed by atoms with Crippen LogP contribution in [0.1, 0.15) is 58.8 Å². The fourth-order valence-electron chi connectivity index (χ4n) is 6.23. The standard InChI is InChI=1S/C20H30O6/c1-10-6-14-16(25-14)8-12(10)20(19(23)24,5-3-4-18(21)22)13-9-17-15(26-17)7-11(13)2/h10-17H,3-9H2,1-2H3,(H,21,22)(H,23,24)/p-2. The van der Waals surface area contributed by atoms with E-state index in [4.69, 9.17) is 9.47 Å². The zero-order valence-electron chi connectivity index (χ0n) is 15.5. The lowest BCUT2D eigenvalue weighted by atomic mass is 9.52. The van der Waals surface area contributed by atoms with Crippen LogP contribution < -0.4 is 10.2 Å². The Balaban J connectivity index is 1.65. The summed E-state index contributed by atoms with van der Waals surface area (Å²) in [6.07, 6.45) is 4.68. The van der Waals surface area contributed by atoms with Crippen molar-refractivity contribution in [1.82, 2.24) is 0 Å². The van der Waals surface area contributed by atoms with Crippen LogP contribution in [0.4, 0.5) is 0 Å². The van der Waals surface area contributed by atoms with Gasteiger partial charge in [0.15, 0.2) is 0 Å². The molecule has 0 spiro atoms. The summed E-state index contributed by atoms with van der Waals surface area (Å²) in [4.78, 5) is 23.6. The molecule has 6 nitrogen and oxygen atoms in total. The third kappa shape index (κ3) is 3.05. The Hall–Kier alpha value is -1.14. The molecule has 2 saturated heterocycles. The molecular formula is C20H28O6-2. The molecule has 4 fully saturated rings. The van der Waals surface area contributed by atoms with E-state index in [1.165, 1.54) is 0 Å². The molecule has 0 radical (unpaired) electrons. The smallest absolute Gasteiger partial charge is 0.0845 e. The van der Waals surface area contributed by atoms with E-state index >= 15 is 0 Å². The summed E-state index contributed by atoms with van der Waals surface area (Å²) in [5.74, 6) is -1.76. The maximum absolute atomic E-state index is 12.7.